The fourth-order valence-corrected chi connectivity index (χ4v) is 2.17. The third kappa shape index (κ3) is 3.96. The lowest BCUT2D eigenvalue weighted by molar-refractivity contribution is -0.116. The van der Waals surface area contributed by atoms with Gasteiger partial charge >= 0.3 is 6.03 Å². The van der Waals surface area contributed by atoms with Crippen LogP contribution in [0.3, 0.4) is 0 Å². The summed E-state index contributed by atoms with van der Waals surface area (Å²) in [5.74, 6) is 0. The molecule has 4 nitrogen and oxygen atoms in total. The Morgan fingerprint density at radius 3 is 2.68 bits per heavy atom. The van der Waals surface area contributed by atoms with Gasteiger partial charge in [-0.05, 0) is 12.0 Å². The molecule has 1 fully saturated rings. The summed E-state index contributed by atoms with van der Waals surface area (Å²) in [5, 5.41) is 1.49. The molecule has 0 spiro atoms. The van der Waals surface area contributed by atoms with Crippen LogP contribution >= 0.6 is 0 Å². The maximum atomic E-state index is 12.0. The van der Waals surface area contributed by atoms with Gasteiger partial charge in [0.05, 0.1) is 6.54 Å². The number of rotatable bonds is 7. The summed E-state index contributed by atoms with van der Waals surface area (Å²) < 4.78 is 0. The normalized spacial score (nSPS) is 15.3. The summed E-state index contributed by atoms with van der Waals surface area (Å²) in [6, 6.07) is 9.93. The van der Waals surface area contributed by atoms with Crippen LogP contribution in [-0.4, -0.2) is 35.6 Å². The number of unbranched alkanes of at least 4 members (excludes halogenated alkanes) is 2. The van der Waals surface area contributed by atoms with Crippen molar-refractivity contribution in [3.05, 3.63) is 35.9 Å². The highest BCUT2D eigenvalue weighted by molar-refractivity contribution is 5.75. The summed E-state index contributed by atoms with van der Waals surface area (Å²) >= 11 is 0. The zero-order valence-corrected chi connectivity index (χ0v) is 11.5. The number of carbonyl (C=O) groups excluding carboxylic acids is 1. The van der Waals surface area contributed by atoms with Crippen LogP contribution in [0.2, 0.25) is 0 Å². The van der Waals surface area contributed by atoms with Gasteiger partial charge in [-0.3, -0.25) is 4.84 Å². The average molecular weight is 262 g/mol. The molecule has 0 unspecified atom stereocenters. The van der Waals surface area contributed by atoms with Crippen molar-refractivity contribution in [2.45, 2.75) is 32.8 Å². The van der Waals surface area contributed by atoms with Crippen molar-refractivity contribution in [1.82, 2.24) is 9.96 Å². The lowest BCUT2D eigenvalue weighted by Crippen LogP contribution is -2.32. The van der Waals surface area contributed by atoms with E-state index in [-0.39, 0.29) is 6.03 Å². The molecule has 19 heavy (non-hydrogen) atoms. The van der Waals surface area contributed by atoms with Crippen LogP contribution in [0.1, 0.15) is 31.7 Å². The van der Waals surface area contributed by atoms with Gasteiger partial charge in [0.1, 0.15) is 6.61 Å². The largest absolute Gasteiger partial charge is 0.344 e. The van der Waals surface area contributed by atoms with Crippen molar-refractivity contribution >= 4 is 6.03 Å². The van der Waals surface area contributed by atoms with E-state index < -0.39 is 0 Å². The highest BCUT2D eigenvalue weighted by Gasteiger charge is 2.28. The van der Waals surface area contributed by atoms with E-state index in [9.17, 15) is 4.79 Å². The molecule has 0 aliphatic carbocycles. The van der Waals surface area contributed by atoms with E-state index >= 15 is 0 Å². The monoisotopic (exact) mass is 262 g/mol. The van der Waals surface area contributed by atoms with E-state index in [2.05, 4.69) is 6.92 Å². The number of benzene rings is 1. The number of amides is 2. The molecule has 0 aromatic heterocycles. The first kappa shape index (κ1) is 13.9. The third-order valence-corrected chi connectivity index (χ3v) is 3.32. The minimum Gasteiger partial charge on any atom is -0.321 e. The molecule has 0 radical (unpaired) electrons. The van der Waals surface area contributed by atoms with Crippen molar-refractivity contribution < 1.29 is 9.63 Å². The van der Waals surface area contributed by atoms with Crippen LogP contribution in [0.25, 0.3) is 0 Å². The first-order chi connectivity index (χ1) is 9.31. The topological polar surface area (TPSA) is 32.8 Å². The predicted molar refractivity (Wildman–Crippen MR) is 74.4 cm³/mol. The Bertz CT molecular complexity index is 394. The molecule has 4 heteroatoms. The fraction of sp³-hybridized carbons (Fsp3) is 0.533. The molecule has 1 heterocycles. The van der Waals surface area contributed by atoms with Crippen molar-refractivity contribution in [2.75, 3.05) is 19.6 Å². The van der Waals surface area contributed by atoms with Gasteiger partial charge < -0.3 is 4.90 Å². The summed E-state index contributed by atoms with van der Waals surface area (Å²) in [6.45, 7) is 4.91. The Hall–Kier alpha value is -1.55. The number of hydrogen-bond acceptors (Lipinski definition) is 2. The second-order valence-electron chi connectivity index (χ2n) is 4.84. The summed E-state index contributed by atoms with van der Waals surface area (Å²) in [5.41, 5.74) is 1.08. The summed E-state index contributed by atoms with van der Waals surface area (Å²) in [6.07, 6.45) is 3.43. The van der Waals surface area contributed by atoms with Crippen molar-refractivity contribution in [1.29, 1.82) is 0 Å². The van der Waals surface area contributed by atoms with Gasteiger partial charge in [0.15, 0.2) is 0 Å². The maximum Gasteiger partial charge on any atom is 0.344 e. The first-order valence-electron chi connectivity index (χ1n) is 7.04. The Kier molecular flexibility index (Phi) is 5.21. The number of hydrogen-bond donors (Lipinski definition) is 0. The van der Waals surface area contributed by atoms with Gasteiger partial charge in [0.2, 0.25) is 0 Å². The molecule has 1 aromatic carbocycles. The molecule has 1 saturated heterocycles. The van der Waals surface area contributed by atoms with E-state index in [1.165, 1.54) is 17.9 Å². The Morgan fingerprint density at radius 2 is 1.95 bits per heavy atom. The summed E-state index contributed by atoms with van der Waals surface area (Å²) in [4.78, 5) is 19.5. The molecule has 0 N–H and O–H groups in total. The molecule has 1 aromatic rings. The molecular formula is C15H22N2O2. The van der Waals surface area contributed by atoms with E-state index in [1.54, 1.807) is 0 Å². The van der Waals surface area contributed by atoms with E-state index in [0.29, 0.717) is 13.2 Å². The van der Waals surface area contributed by atoms with Gasteiger partial charge in [-0.15, -0.1) is 0 Å². The molecule has 0 saturated carbocycles. The number of urea groups is 1. The molecular weight excluding hydrogens is 240 g/mol. The minimum absolute atomic E-state index is 0.00651. The number of hydroxylamine groups is 2. The Morgan fingerprint density at radius 1 is 1.16 bits per heavy atom. The smallest absolute Gasteiger partial charge is 0.321 e. The van der Waals surface area contributed by atoms with Crippen LogP contribution in [-0.2, 0) is 11.4 Å². The van der Waals surface area contributed by atoms with Crippen LogP contribution < -0.4 is 0 Å². The molecule has 0 atom stereocenters. The van der Waals surface area contributed by atoms with Crippen LogP contribution in [0.15, 0.2) is 30.3 Å². The summed E-state index contributed by atoms with van der Waals surface area (Å²) in [7, 11) is 0. The standard InChI is InChI=1S/C15H22N2O2/c1-2-3-7-10-16-11-12-17(15(16)18)19-13-14-8-5-4-6-9-14/h4-6,8-9H,2-3,7,10-13H2,1H3. The van der Waals surface area contributed by atoms with Gasteiger partial charge in [-0.25, -0.2) is 9.86 Å². The van der Waals surface area contributed by atoms with Gasteiger partial charge in [-0.2, -0.15) is 0 Å². The molecule has 2 rings (SSSR count). The highest BCUT2D eigenvalue weighted by atomic mass is 16.7. The SMILES string of the molecule is CCCCCN1CCN(OCc2ccccc2)C1=O. The minimum atomic E-state index is 0.00651. The van der Waals surface area contributed by atoms with Gasteiger partial charge in [0, 0.05) is 13.1 Å². The zero-order chi connectivity index (χ0) is 13.5. The second-order valence-corrected chi connectivity index (χ2v) is 4.84. The van der Waals surface area contributed by atoms with Crippen molar-refractivity contribution in [2.24, 2.45) is 0 Å². The average Bonchev–Trinajstić information content (AvgIpc) is 2.79. The predicted octanol–water partition coefficient (Wildman–Crippen LogP) is 3.05. The first-order valence-corrected chi connectivity index (χ1v) is 7.04. The van der Waals surface area contributed by atoms with E-state index in [1.807, 2.05) is 35.2 Å². The fourth-order valence-electron chi connectivity index (χ4n) is 2.17. The van der Waals surface area contributed by atoms with E-state index in [0.717, 1.165) is 25.1 Å². The highest BCUT2D eigenvalue weighted by Crippen LogP contribution is 2.12. The van der Waals surface area contributed by atoms with Crippen LogP contribution in [0, 0.1) is 0 Å². The molecule has 1 aliphatic rings. The Labute approximate surface area is 114 Å². The van der Waals surface area contributed by atoms with Gasteiger partial charge in [0.25, 0.3) is 0 Å². The molecule has 1 aliphatic heterocycles. The molecule has 104 valence electrons. The van der Waals surface area contributed by atoms with E-state index in [4.69, 9.17) is 4.84 Å². The molecule has 2 amide bonds. The maximum absolute atomic E-state index is 12.0. The second kappa shape index (κ2) is 7.14. The quantitative estimate of drug-likeness (QED) is 0.707. The van der Waals surface area contributed by atoms with Crippen molar-refractivity contribution in [3.63, 3.8) is 0 Å². The van der Waals surface area contributed by atoms with Crippen LogP contribution in [0.5, 0.6) is 0 Å². The van der Waals surface area contributed by atoms with Gasteiger partial charge in [-0.1, -0.05) is 50.1 Å². The molecule has 0 bridgehead atoms. The number of carbonyl (C=O) groups is 1. The lowest BCUT2D eigenvalue weighted by atomic mass is 10.2. The Balaban J connectivity index is 1.75. The van der Waals surface area contributed by atoms with Crippen LogP contribution in [0.4, 0.5) is 4.79 Å². The third-order valence-electron chi connectivity index (χ3n) is 3.32. The number of nitrogens with zero attached hydrogens (tertiary/aromatic N) is 2. The zero-order valence-electron chi connectivity index (χ0n) is 11.5. The van der Waals surface area contributed by atoms with Crippen molar-refractivity contribution in [3.8, 4) is 0 Å². The lowest BCUT2D eigenvalue weighted by Gasteiger charge is -2.18.